The highest BCUT2D eigenvalue weighted by molar-refractivity contribution is 5.16. The lowest BCUT2D eigenvalue weighted by Gasteiger charge is -2.03. The molecule has 0 fully saturated rings. The van der Waals surface area contributed by atoms with E-state index in [1.165, 1.54) is 24.3 Å². The van der Waals surface area contributed by atoms with Crippen molar-refractivity contribution < 1.29 is 11.3 Å². The molecule has 11 heavy (non-hydrogen) atoms. The molecule has 0 aliphatic heterocycles. The molecule has 0 saturated carbocycles. The molecule has 1 unspecified atom stereocenters. The number of benzene rings is 1. The Bertz CT molecular complexity index is 332. The van der Waals surface area contributed by atoms with Gasteiger partial charge in [0, 0.05) is 10.1 Å². The summed E-state index contributed by atoms with van der Waals surface area (Å²) in [6.07, 6.45) is -0.141. The van der Waals surface area contributed by atoms with E-state index in [-0.39, 0.29) is 12.1 Å². The van der Waals surface area contributed by atoms with Crippen LogP contribution in [0.4, 0.5) is 4.39 Å². The van der Waals surface area contributed by atoms with Gasteiger partial charge in [-0.3, -0.25) is 0 Å². The Balaban J connectivity index is 2.88. The summed E-state index contributed by atoms with van der Waals surface area (Å²) in [5.74, 6) is -0.416. The van der Waals surface area contributed by atoms with Crippen LogP contribution in [0.3, 0.4) is 0 Å². The van der Waals surface area contributed by atoms with Crippen LogP contribution >= 0.6 is 0 Å². The Kier molecular flexibility index (Phi) is 1.16. The number of hydrogen-bond acceptors (Lipinski definition) is 1. The first kappa shape index (κ1) is 3.68. The molecule has 1 rings (SSSR count). The standard InChI is InChI=1S/C9H12FN/c1-7(11)6-8-2-4-9(10)5-3-8/h2-5,7H,6,11H2,1H3/i1D2,7D/hD2. The maximum atomic E-state index is 12.6. The molecule has 1 nitrogen and oxygen atoms in total. The predicted octanol–water partition coefficient (Wildman–Crippen LogP) is 1.72. The molecule has 1 aromatic rings. The molecule has 2 N–H and O–H groups in total. The average Bonchev–Trinajstić information content (AvgIpc) is 2.20. The van der Waals surface area contributed by atoms with Crippen molar-refractivity contribution in [1.29, 1.82) is 0 Å². The Morgan fingerprint density at radius 1 is 1.73 bits per heavy atom. The zero-order valence-corrected chi connectivity index (χ0v) is 5.92. The Morgan fingerprint density at radius 2 is 2.45 bits per heavy atom. The molecule has 0 amide bonds. The van der Waals surface area contributed by atoms with Crippen molar-refractivity contribution in [2.75, 3.05) is 0 Å². The van der Waals surface area contributed by atoms with Gasteiger partial charge >= 0.3 is 0 Å². The summed E-state index contributed by atoms with van der Waals surface area (Å²) in [5, 5.41) is 0. The summed E-state index contributed by atoms with van der Waals surface area (Å²) < 4.78 is 48.8. The van der Waals surface area contributed by atoms with Crippen LogP contribution in [-0.4, -0.2) is 6.02 Å². The number of halogens is 1. The first-order chi connectivity index (χ1) is 7.36. The van der Waals surface area contributed by atoms with Gasteiger partial charge in [0.1, 0.15) is 8.64 Å². The third-order valence-corrected chi connectivity index (χ3v) is 1.30. The number of hydrogen-bond donors (Lipinski definition) is 1. The normalized spacial score (nSPS) is 23.0. The van der Waals surface area contributed by atoms with E-state index in [9.17, 15) is 4.39 Å². The third kappa shape index (κ3) is 2.68. The molecule has 1 atom stereocenters. The van der Waals surface area contributed by atoms with Crippen molar-refractivity contribution in [1.82, 2.24) is 0 Å². The van der Waals surface area contributed by atoms with Crippen molar-refractivity contribution in [2.45, 2.75) is 19.3 Å². The smallest absolute Gasteiger partial charge is 0.123 e. The van der Waals surface area contributed by atoms with Gasteiger partial charge in [0.15, 0.2) is 0 Å². The second kappa shape index (κ2) is 3.49. The van der Waals surface area contributed by atoms with Crippen molar-refractivity contribution in [3.63, 3.8) is 0 Å². The van der Waals surface area contributed by atoms with Crippen LogP contribution in [0.25, 0.3) is 0 Å². The molecular formula is C9H12FN. The second-order valence-corrected chi connectivity index (χ2v) is 2.29. The lowest BCUT2D eigenvalue weighted by Crippen LogP contribution is -2.17. The van der Waals surface area contributed by atoms with E-state index in [1.54, 1.807) is 0 Å². The molecule has 0 aromatic heterocycles. The van der Waals surface area contributed by atoms with E-state index >= 15 is 0 Å². The van der Waals surface area contributed by atoms with Gasteiger partial charge in [-0.2, -0.15) is 0 Å². The lowest BCUT2D eigenvalue weighted by atomic mass is 10.1. The van der Waals surface area contributed by atoms with Crippen LogP contribution in [0.5, 0.6) is 0 Å². The molecule has 0 saturated heterocycles. The van der Waals surface area contributed by atoms with E-state index in [4.69, 9.17) is 6.94 Å². The Hall–Kier alpha value is -0.890. The first-order valence-electron chi connectivity index (χ1n) is 5.78. The van der Waals surface area contributed by atoms with E-state index in [2.05, 4.69) is 0 Å². The summed E-state index contributed by atoms with van der Waals surface area (Å²) in [6.45, 7) is -1.66. The molecule has 0 heterocycles. The predicted molar refractivity (Wildman–Crippen MR) is 43.8 cm³/mol. The third-order valence-electron chi connectivity index (χ3n) is 1.30. The Morgan fingerprint density at radius 3 is 3.00 bits per heavy atom. The zero-order valence-electron chi connectivity index (χ0n) is 10.9. The molecular weight excluding hydrogens is 141 g/mol. The minimum absolute atomic E-state index is 0.0427. The minimum Gasteiger partial charge on any atom is -0.328 e. The summed E-state index contributed by atoms with van der Waals surface area (Å²) in [7, 11) is 0. The maximum Gasteiger partial charge on any atom is 0.123 e. The van der Waals surface area contributed by atoms with Crippen molar-refractivity contribution in [2.24, 2.45) is 5.72 Å². The van der Waals surface area contributed by atoms with Crippen LogP contribution in [0.1, 0.15) is 16.6 Å². The highest BCUT2D eigenvalue weighted by Crippen LogP contribution is 2.04. The molecule has 0 aliphatic carbocycles. The van der Waals surface area contributed by atoms with Crippen LogP contribution in [0.15, 0.2) is 24.3 Å². The fourth-order valence-corrected chi connectivity index (χ4v) is 0.811. The van der Waals surface area contributed by atoms with Gasteiger partial charge in [0.05, 0.1) is 0 Å². The SMILES string of the molecule is [2H]C([2H])C([2H])(Cc1ccc(F)cc1)N([2H])[2H]. The highest BCUT2D eigenvalue weighted by Gasteiger charge is 1.96. The van der Waals surface area contributed by atoms with E-state index in [0.29, 0.717) is 5.56 Å². The molecule has 0 spiro atoms. The van der Waals surface area contributed by atoms with Gasteiger partial charge in [0.25, 0.3) is 0 Å². The maximum absolute atomic E-state index is 12.6. The zero-order chi connectivity index (χ0) is 12.3. The molecule has 2 heteroatoms. The summed E-state index contributed by atoms with van der Waals surface area (Å²) in [4.78, 5) is 0. The van der Waals surface area contributed by atoms with Gasteiger partial charge in [-0.05, 0) is 31.0 Å². The van der Waals surface area contributed by atoms with Gasteiger partial charge in [-0.1, -0.05) is 12.1 Å². The Labute approximate surface area is 73.2 Å². The number of rotatable bonds is 3. The van der Waals surface area contributed by atoms with Crippen molar-refractivity contribution >= 4 is 0 Å². The average molecular weight is 158 g/mol. The molecule has 1 aromatic carbocycles. The summed E-state index contributed by atoms with van der Waals surface area (Å²) >= 11 is 0. The highest BCUT2D eigenvalue weighted by atomic mass is 19.1. The second-order valence-electron chi connectivity index (χ2n) is 2.29. The monoisotopic (exact) mass is 158 g/mol. The fraction of sp³-hybridized carbons (Fsp3) is 0.333. The molecule has 60 valence electrons. The van der Waals surface area contributed by atoms with Crippen LogP contribution in [0.2, 0.25) is 2.82 Å². The fourth-order valence-electron chi connectivity index (χ4n) is 0.811. The first-order valence-corrected chi connectivity index (χ1v) is 3.23. The topological polar surface area (TPSA) is 26.0 Å². The number of nitrogens with two attached hydrogens (primary N) is 1. The van der Waals surface area contributed by atoms with Crippen LogP contribution in [-0.2, 0) is 6.42 Å². The summed E-state index contributed by atoms with van der Waals surface area (Å²) in [5.41, 5.74) is 0.562. The van der Waals surface area contributed by atoms with Crippen molar-refractivity contribution in [3.05, 3.63) is 35.6 Å². The lowest BCUT2D eigenvalue weighted by molar-refractivity contribution is 0.626. The molecule has 0 bridgehead atoms. The van der Waals surface area contributed by atoms with Gasteiger partial charge in [0.2, 0.25) is 0 Å². The molecule has 0 radical (unpaired) electrons. The van der Waals surface area contributed by atoms with Crippen molar-refractivity contribution in [3.8, 4) is 0 Å². The van der Waals surface area contributed by atoms with Crippen LogP contribution < -0.4 is 5.72 Å². The quantitative estimate of drug-likeness (QED) is 0.712. The van der Waals surface area contributed by atoms with E-state index in [1.807, 2.05) is 0 Å². The van der Waals surface area contributed by atoms with Gasteiger partial charge in [-0.25, -0.2) is 4.39 Å². The summed E-state index contributed by atoms with van der Waals surface area (Å²) in [6, 6.07) is 3.28. The van der Waals surface area contributed by atoms with Crippen LogP contribution in [0, 0.1) is 5.82 Å². The largest absolute Gasteiger partial charge is 0.328 e. The molecule has 0 aliphatic rings. The van der Waals surface area contributed by atoms with Gasteiger partial charge < -0.3 is 5.72 Å². The van der Waals surface area contributed by atoms with Gasteiger partial charge in [-0.15, -0.1) is 0 Å². The minimum atomic E-state index is -1.97. The van der Waals surface area contributed by atoms with E-state index < -0.39 is 18.7 Å². The van der Waals surface area contributed by atoms with E-state index in [0.717, 1.165) is 0 Å².